The van der Waals surface area contributed by atoms with Crippen LogP contribution in [0.5, 0.6) is 0 Å². The molecule has 0 aliphatic heterocycles. The first-order valence-corrected chi connectivity index (χ1v) is 6.61. The lowest BCUT2D eigenvalue weighted by Gasteiger charge is -2.07. The molecule has 0 bridgehead atoms. The van der Waals surface area contributed by atoms with Crippen molar-refractivity contribution >= 4 is 5.91 Å². The molecule has 0 unspecified atom stereocenters. The first kappa shape index (κ1) is 15.1. The number of aromatic nitrogens is 3. The predicted molar refractivity (Wildman–Crippen MR) is 76.4 cm³/mol. The molecule has 7 nitrogen and oxygen atoms in total. The highest BCUT2D eigenvalue weighted by Crippen LogP contribution is 2.07. The van der Waals surface area contributed by atoms with Crippen molar-refractivity contribution in [2.45, 2.75) is 0 Å². The number of amides is 1. The lowest BCUT2D eigenvalue weighted by Crippen LogP contribution is -2.27. The fourth-order valence-electron chi connectivity index (χ4n) is 1.69. The van der Waals surface area contributed by atoms with E-state index in [1.54, 1.807) is 30.3 Å². The van der Waals surface area contributed by atoms with Crippen LogP contribution in [0.3, 0.4) is 0 Å². The van der Waals surface area contributed by atoms with Crippen molar-refractivity contribution in [1.82, 2.24) is 20.1 Å². The Kier molecular flexibility index (Phi) is 5.86. The number of nitrogens with zero attached hydrogens (tertiary/aromatic N) is 3. The zero-order valence-electron chi connectivity index (χ0n) is 11.9. The largest absolute Gasteiger partial charge is 0.382 e. The van der Waals surface area contributed by atoms with Crippen LogP contribution in [-0.4, -0.2) is 54.1 Å². The van der Waals surface area contributed by atoms with Gasteiger partial charge >= 0.3 is 0 Å². The zero-order chi connectivity index (χ0) is 14.9. The topological polar surface area (TPSA) is 78.3 Å². The van der Waals surface area contributed by atoms with Gasteiger partial charge in [0.15, 0.2) is 0 Å². The fraction of sp³-hybridized carbons (Fsp3) is 0.357. The Hall–Kier alpha value is -2.25. The second-order valence-corrected chi connectivity index (χ2v) is 4.25. The summed E-state index contributed by atoms with van der Waals surface area (Å²) >= 11 is 0. The summed E-state index contributed by atoms with van der Waals surface area (Å²) in [7, 11) is 1.62. The summed E-state index contributed by atoms with van der Waals surface area (Å²) in [5, 5.41) is 6.81. The van der Waals surface area contributed by atoms with Crippen LogP contribution < -0.4 is 5.32 Å². The van der Waals surface area contributed by atoms with Crippen molar-refractivity contribution in [2.24, 2.45) is 0 Å². The van der Waals surface area contributed by atoms with Crippen molar-refractivity contribution in [1.29, 1.82) is 0 Å². The van der Waals surface area contributed by atoms with E-state index in [-0.39, 0.29) is 5.91 Å². The van der Waals surface area contributed by atoms with Crippen LogP contribution in [0.1, 0.15) is 10.4 Å². The highest BCUT2D eigenvalue weighted by Gasteiger charge is 2.05. The van der Waals surface area contributed by atoms with E-state index in [1.807, 2.05) is 12.1 Å². The molecule has 2 aromatic rings. The number of hydrogen-bond acceptors (Lipinski definition) is 5. The molecule has 0 saturated heterocycles. The van der Waals surface area contributed by atoms with Gasteiger partial charge < -0.3 is 14.8 Å². The van der Waals surface area contributed by atoms with Crippen LogP contribution in [0.15, 0.2) is 36.9 Å². The lowest BCUT2D eigenvalue weighted by molar-refractivity contribution is 0.0692. The number of rotatable bonds is 8. The van der Waals surface area contributed by atoms with Crippen molar-refractivity contribution in [2.75, 3.05) is 33.5 Å². The Morgan fingerprint density at radius 3 is 2.71 bits per heavy atom. The Balaban J connectivity index is 1.78. The molecule has 1 amide bonds. The van der Waals surface area contributed by atoms with Crippen molar-refractivity contribution in [3.8, 4) is 5.69 Å². The van der Waals surface area contributed by atoms with Crippen LogP contribution >= 0.6 is 0 Å². The number of benzene rings is 1. The van der Waals surface area contributed by atoms with Gasteiger partial charge in [-0.15, -0.1) is 0 Å². The smallest absolute Gasteiger partial charge is 0.251 e. The van der Waals surface area contributed by atoms with Gasteiger partial charge in [-0.3, -0.25) is 4.79 Å². The molecule has 112 valence electrons. The molecular weight excluding hydrogens is 272 g/mol. The second-order valence-electron chi connectivity index (χ2n) is 4.25. The number of hydrogen-bond donors (Lipinski definition) is 1. The minimum absolute atomic E-state index is 0.129. The van der Waals surface area contributed by atoms with E-state index in [9.17, 15) is 4.79 Å². The molecule has 1 N–H and O–H groups in total. The molecule has 1 heterocycles. The monoisotopic (exact) mass is 290 g/mol. The molecule has 0 aliphatic rings. The van der Waals surface area contributed by atoms with Gasteiger partial charge in [-0.1, -0.05) is 0 Å². The van der Waals surface area contributed by atoms with Crippen LogP contribution in [0.2, 0.25) is 0 Å². The molecule has 7 heteroatoms. The van der Waals surface area contributed by atoms with Crippen molar-refractivity contribution in [3.63, 3.8) is 0 Å². The molecule has 21 heavy (non-hydrogen) atoms. The molecular formula is C14H18N4O3. The molecule has 1 aromatic heterocycles. The molecule has 0 saturated carbocycles. The molecule has 0 atom stereocenters. The Labute approximate surface area is 122 Å². The first-order valence-electron chi connectivity index (χ1n) is 6.61. The summed E-state index contributed by atoms with van der Waals surface area (Å²) in [4.78, 5) is 15.8. The summed E-state index contributed by atoms with van der Waals surface area (Å²) in [6.07, 6.45) is 3.07. The van der Waals surface area contributed by atoms with Crippen LogP contribution in [0.25, 0.3) is 5.69 Å². The van der Waals surface area contributed by atoms with Crippen LogP contribution in [-0.2, 0) is 9.47 Å². The number of methoxy groups -OCH3 is 1. The zero-order valence-corrected chi connectivity index (χ0v) is 11.9. The molecule has 0 spiro atoms. The predicted octanol–water partition coefficient (Wildman–Crippen LogP) is 0.660. The summed E-state index contributed by atoms with van der Waals surface area (Å²) in [5.74, 6) is -0.129. The minimum Gasteiger partial charge on any atom is -0.382 e. The second kappa shape index (κ2) is 8.13. The third kappa shape index (κ3) is 4.66. The Morgan fingerprint density at radius 1 is 1.24 bits per heavy atom. The number of carbonyl (C=O) groups is 1. The van der Waals surface area contributed by atoms with E-state index in [0.29, 0.717) is 31.9 Å². The molecule has 2 rings (SSSR count). The van der Waals surface area contributed by atoms with E-state index in [4.69, 9.17) is 9.47 Å². The molecule has 0 radical (unpaired) electrons. The molecule has 0 fully saturated rings. The van der Waals surface area contributed by atoms with Gasteiger partial charge in [0.05, 0.1) is 25.5 Å². The SMILES string of the molecule is COCCOCCNC(=O)c1ccc(-n2cncn2)cc1. The highest BCUT2D eigenvalue weighted by molar-refractivity contribution is 5.94. The van der Waals surface area contributed by atoms with Crippen molar-refractivity contribution < 1.29 is 14.3 Å². The summed E-state index contributed by atoms with van der Waals surface area (Å²) in [6, 6.07) is 7.13. The van der Waals surface area contributed by atoms with Gasteiger partial charge in [-0.25, -0.2) is 9.67 Å². The maximum atomic E-state index is 11.9. The first-order chi connectivity index (χ1) is 10.3. The van der Waals surface area contributed by atoms with E-state index >= 15 is 0 Å². The third-order valence-corrected chi connectivity index (χ3v) is 2.78. The highest BCUT2D eigenvalue weighted by atomic mass is 16.5. The Bertz CT molecular complexity index is 540. The fourth-order valence-corrected chi connectivity index (χ4v) is 1.69. The number of ether oxygens (including phenoxy) is 2. The summed E-state index contributed by atoms with van der Waals surface area (Å²) < 4.78 is 11.8. The van der Waals surface area contributed by atoms with Gasteiger partial charge in [-0.2, -0.15) is 5.10 Å². The Morgan fingerprint density at radius 2 is 2.05 bits per heavy atom. The van der Waals surface area contributed by atoms with Gasteiger partial charge in [0.1, 0.15) is 12.7 Å². The third-order valence-electron chi connectivity index (χ3n) is 2.78. The maximum absolute atomic E-state index is 11.9. The van der Waals surface area contributed by atoms with E-state index in [2.05, 4.69) is 15.4 Å². The normalized spacial score (nSPS) is 10.5. The van der Waals surface area contributed by atoms with Crippen molar-refractivity contribution in [3.05, 3.63) is 42.5 Å². The quantitative estimate of drug-likeness (QED) is 0.723. The van der Waals surface area contributed by atoms with E-state index < -0.39 is 0 Å². The summed E-state index contributed by atoms with van der Waals surface area (Å²) in [6.45, 7) is 2.01. The van der Waals surface area contributed by atoms with Gasteiger partial charge in [-0.05, 0) is 24.3 Å². The standard InChI is InChI=1S/C14H18N4O3/c1-20-8-9-21-7-6-16-14(19)12-2-4-13(5-3-12)18-11-15-10-17-18/h2-5,10-11H,6-9H2,1H3,(H,16,19). The number of nitrogens with one attached hydrogen (secondary N) is 1. The van der Waals surface area contributed by atoms with E-state index in [0.717, 1.165) is 5.69 Å². The number of carbonyl (C=O) groups excluding carboxylic acids is 1. The van der Waals surface area contributed by atoms with Gasteiger partial charge in [0.2, 0.25) is 0 Å². The summed E-state index contributed by atoms with van der Waals surface area (Å²) in [5.41, 5.74) is 1.45. The maximum Gasteiger partial charge on any atom is 0.251 e. The molecule has 0 aliphatic carbocycles. The van der Waals surface area contributed by atoms with Crippen LogP contribution in [0.4, 0.5) is 0 Å². The van der Waals surface area contributed by atoms with E-state index in [1.165, 1.54) is 6.33 Å². The van der Waals surface area contributed by atoms with Gasteiger partial charge in [0, 0.05) is 19.2 Å². The minimum atomic E-state index is -0.129. The molecule has 1 aromatic carbocycles. The lowest BCUT2D eigenvalue weighted by atomic mass is 10.2. The van der Waals surface area contributed by atoms with Crippen LogP contribution in [0, 0.1) is 0 Å². The van der Waals surface area contributed by atoms with Gasteiger partial charge in [0.25, 0.3) is 5.91 Å². The average molecular weight is 290 g/mol. The average Bonchev–Trinajstić information content (AvgIpc) is 3.05.